The first-order valence-electron chi connectivity index (χ1n) is 7.39. The molecule has 0 aliphatic heterocycles. The zero-order valence-corrected chi connectivity index (χ0v) is 12.7. The van der Waals surface area contributed by atoms with E-state index in [4.69, 9.17) is 15.2 Å². The number of carbonyl (C=O) groups excluding carboxylic acids is 2. The predicted molar refractivity (Wildman–Crippen MR) is 80.8 cm³/mol. The highest BCUT2D eigenvalue weighted by Crippen LogP contribution is 2.41. The maximum absolute atomic E-state index is 11.8. The molecule has 0 radical (unpaired) electrons. The molecule has 2 rings (SSSR count). The summed E-state index contributed by atoms with van der Waals surface area (Å²) in [6.45, 7) is 0.770. The summed E-state index contributed by atoms with van der Waals surface area (Å²) in [4.78, 5) is 23.6. The normalized spacial score (nSPS) is 20.8. The summed E-state index contributed by atoms with van der Waals surface area (Å²) in [5, 5.41) is 2.58. The number of carbonyl (C=O) groups is 2. The van der Waals surface area contributed by atoms with E-state index in [-0.39, 0.29) is 6.61 Å². The zero-order chi connectivity index (χ0) is 15.9. The highest BCUT2D eigenvalue weighted by atomic mass is 16.6. The first kappa shape index (κ1) is 16.3. The molecular formula is C16H22N2O4. The van der Waals surface area contributed by atoms with Crippen LogP contribution < -0.4 is 11.1 Å². The molecule has 0 heterocycles. The molecule has 3 atom stereocenters. The molecule has 0 spiro atoms. The third-order valence-electron chi connectivity index (χ3n) is 3.90. The number of benzene rings is 1. The molecule has 22 heavy (non-hydrogen) atoms. The molecule has 1 aliphatic rings. The number of hydrogen-bond donors (Lipinski definition) is 2. The summed E-state index contributed by atoms with van der Waals surface area (Å²) >= 11 is 0. The average Bonchev–Trinajstić information content (AvgIpc) is 3.31. The van der Waals surface area contributed by atoms with Crippen LogP contribution in [-0.2, 0) is 20.9 Å². The van der Waals surface area contributed by atoms with Gasteiger partial charge in [0.25, 0.3) is 0 Å². The molecule has 0 bridgehead atoms. The second kappa shape index (κ2) is 7.79. The van der Waals surface area contributed by atoms with Crippen molar-refractivity contribution in [1.82, 2.24) is 5.32 Å². The van der Waals surface area contributed by atoms with Gasteiger partial charge in [0.15, 0.2) is 0 Å². The van der Waals surface area contributed by atoms with Crippen LogP contribution in [0.3, 0.4) is 0 Å². The minimum Gasteiger partial charge on any atom is -0.467 e. The lowest BCUT2D eigenvalue weighted by molar-refractivity contribution is -0.143. The van der Waals surface area contributed by atoms with Crippen LogP contribution in [0, 0.1) is 11.8 Å². The van der Waals surface area contributed by atoms with Crippen molar-refractivity contribution in [1.29, 1.82) is 0 Å². The highest BCUT2D eigenvalue weighted by Gasteiger charge is 2.39. The number of ether oxygens (including phenoxy) is 2. The number of nitrogens with one attached hydrogen (secondary N) is 1. The Balaban J connectivity index is 1.81. The minimum absolute atomic E-state index is 0.162. The Kier molecular flexibility index (Phi) is 5.77. The molecule has 0 saturated heterocycles. The van der Waals surface area contributed by atoms with E-state index >= 15 is 0 Å². The molecule has 1 amide bonds. The molecule has 1 aromatic rings. The molecule has 1 aromatic carbocycles. The highest BCUT2D eigenvalue weighted by molar-refractivity contribution is 5.81. The van der Waals surface area contributed by atoms with Crippen LogP contribution in [-0.4, -0.2) is 31.8 Å². The van der Waals surface area contributed by atoms with Crippen molar-refractivity contribution in [2.24, 2.45) is 17.6 Å². The van der Waals surface area contributed by atoms with Crippen LogP contribution in [0.5, 0.6) is 0 Å². The third kappa shape index (κ3) is 4.73. The lowest BCUT2D eigenvalue weighted by atomic mass is 10.1. The van der Waals surface area contributed by atoms with Crippen LogP contribution in [0.15, 0.2) is 30.3 Å². The van der Waals surface area contributed by atoms with Crippen molar-refractivity contribution in [3.8, 4) is 0 Å². The monoisotopic (exact) mass is 306 g/mol. The Hall–Kier alpha value is -2.08. The van der Waals surface area contributed by atoms with Crippen molar-refractivity contribution in [3.63, 3.8) is 0 Å². The summed E-state index contributed by atoms with van der Waals surface area (Å²) in [6, 6.07) is 8.67. The average molecular weight is 306 g/mol. The van der Waals surface area contributed by atoms with Gasteiger partial charge in [-0.15, -0.1) is 0 Å². The van der Waals surface area contributed by atoms with Gasteiger partial charge in [-0.3, -0.25) is 0 Å². The predicted octanol–water partition coefficient (Wildman–Crippen LogP) is 1.44. The van der Waals surface area contributed by atoms with E-state index in [1.807, 2.05) is 30.3 Å². The Morgan fingerprint density at radius 3 is 2.64 bits per heavy atom. The maximum Gasteiger partial charge on any atom is 0.408 e. The molecule has 1 fully saturated rings. The lowest BCUT2D eigenvalue weighted by Crippen LogP contribution is -2.42. The molecule has 6 nitrogen and oxygen atoms in total. The quantitative estimate of drug-likeness (QED) is 0.744. The smallest absolute Gasteiger partial charge is 0.408 e. The molecule has 120 valence electrons. The Morgan fingerprint density at radius 1 is 1.32 bits per heavy atom. The summed E-state index contributed by atoms with van der Waals surface area (Å²) in [6.07, 6.45) is 0.906. The number of rotatable bonds is 7. The Morgan fingerprint density at radius 2 is 2.05 bits per heavy atom. The van der Waals surface area contributed by atoms with Crippen LogP contribution in [0.2, 0.25) is 0 Å². The van der Waals surface area contributed by atoms with E-state index in [0.29, 0.717) is 24.8 Å². The largest absolute Gasteiger partial charge is 0.467 e. The van der Waals surface area contributed by atoms with Gasteiger partial charge in [0, 0.05) is 0 Å². The van der Waals surface area contributed by atoms with Crippen molar-refractivity contribution in [3.05, 3.63) is 35.9 Å². The number of nitrogens with two attached hydrogens (primary N) is 1. The van der Waals surface area contributed by atoms with Gasteiger partial charge in [-0.25, -0.2) is 9.59 Å². The number of methoxy groups -OCH3 is 1. The van der Waals surface area contributed by atoms with Crippen LogP contribution in [0.1, 0.15) is 18.4 Å². The minimum atomic E-state index is -0.685. The van der Waals surface area contributed by atoms with Gasteiger partial charge >= 0.3 is 12.1 Å². The van der Waals surface area contributed by atoms with Gasteiger partial charge in [-0.1, -0.05) is 30.3 Å². The van der Waals surface area contributed by atoms with Gasteiger partial charge in [-0.2, -0.15) is 0 Å². The maximum atomic E-state index is 11.8. The van der Waals surface area contributed by atoms with E-state index in [1.165, 1.54) is 7.11 Å². The molecule has 3 N–H and O–H groups in total. The van der Waals surface area contributed by atoms with E-state index in [2.05, 4.69) is 5.32 Å². The number of amides is 1. The number of alkyl carbamates (subject to hydrolysis) is 1. The SMILES string of the molecule is COC(=O)[C@H](C[C@H]1C[C@@H]1CN)NC(=O)OCc1ccccc1. The fourth-order valence-corrected chi connectivity index (χ4v) is 2.45. The van der Waals surface area contributed by atoms with E-state index in [1.54, 1.807) is 0 Å². The van der Waals surface area contributed by atoms with Crippen molar-refractivity contribution in [2.75, 3.05) is 13.7 Å². The first-order valence-corrected chi connectivity index (χ1v) is 7.39. The van der Waals surface area contributed by atoms with Gasteiger partial charge in [0.1, 0.15) is 12.6 Å². The first-order chi connectivity index (χ1) is 10.6. The number of hydrogen-bond acceptors (Lipinski definition) is 5. The fourth-order valence-electron chi connectivity index (χ4n) is 2.45. The van der Waals surface area contributed by atoms with Gasteiger partial charge in [-0.05, 0) is 36.8 Å². The van der Waals surface area contributed by atoms with E-state index in [9.17, 15) is 9.59 Å². The zero-order valence-electron chi connectivity index (χ0n) is 12.7. The molecular weight excluding hydrogens is 284 g/mol. The third-order valence-corrected chi connectivity index (χ3v) is 3.90. The summed E-state index contributed by atoms with van der Waals surface area (Å²) in [5.74, 6) is 0.345. The van der Waals surface area contributed by atoms with Crippen LogP contribution in [0.4, 0.5) is 4.79 Å². The van der Waals surface area contributed by atoms with Gasteiger partial charge in [0.2, 0.25) is 0 Å². The Labute approximate surface area is 130 Å². The fraction of sp³-hybridized carbons (Fsp3) is 0.500. The van der Waals surface area contributed by atoms with E-state index < -0.39 is 18.1 Å². The molecule has 0 aromatic heterocycles. The number of esters is 1. The molecule has 1 aliphatic carbocycles. The lowest BCUT2D eigenvalue weighted by Gasteiger charge is -2.16. The van der Waals surface area contributed by atoms with Crippen LogP contribution in [0.25, 0.3) is 0 Å². The van der Waals surface area contributed by atoms with Crippen molar-refractivity contribution < 1.29 is 19.1 Å². The summed E-state index contributed by atoms with van der Waals surface area (Å²) < 4.78 is 9.86. The standard InChI is InChI=1S/C16H22N2O4/c1-21-15(19)14(8-12-7-13(12)9-17)18-16(20)22-10-11-5-3-2-4-6-11/h2-6,12-14H,7-10,17H2,1H3,(H,18,20)/t12-,13-,14+/m1/s1. The van der Waals surface area contributed by atoms with E-state index in [0.717, 1.165) is 12.0 Å². The Bertz CT molecular complexity index is 506. The second-order valence-electron chi connectivity index (χ2n) is 5.51. The second-order valence-corrected chi connectivity index (χ2v) is 5.51. The topological polar surface area (TPSA) is 90.6 Å². The van der Waals surface area contributed by atoms with Crippen molar-refractivity contribution in [2.45, 2.75) is 25.5 Å². The van der Waals surface area contributed by atoms with Gasteiger partial charge in [0.05, 0.1) is 7.11 Å². The van der Waals surface area contributed by atoms with Gasteiger partial charge < -0.3 is 20.5 Å². The summed E-state index contributed by atoms with van der Waals surface area (Å²) in [5.41, 5.74) is 6.48. The summed E-state index contributed by atoms with van der Waals surface area (Å²) in [7, 11) is 1.31. The van der Waals surface area contributed by atoms with Crippen molar-refractivity contribution >= 4 is 12.1 Å². The van der Waals surface area contributed by atoms with Crippen LogP contribution >= 0.6 is 0 Å². The molecule has 1 saturated carbocycles. The molecule has 0 unspecified atom stereocenters. The molecule has 6 heteroatoms.